The van der Waals surface area contributed by atoms with Crippen molar-refractivity contribution in [3.05, 3.63) is 0 Å². The van der Waals surface area contributed by atoms with E-state index in [0.29, 0.717) is 11.2 Å². The summed E-state index contributed by atoms with van der Waals surface area (Å²) in [6.45, 7) is 4.35. The standard InChI is InChI=1S/C6H12N2OS/c1-5-4-9-3-2-8(5)6(7)10/h5H,2-4H2,1H3,(H2,7,10)/t5-/m0/s1. The molecule has 1 aliphatic rings. The monoisotopic (exact) mass is 160 g/mol. The lowest BCUT2D eigenvalue weighted by Gasteiger charge is -2.33. The molecule has 0 saturated carbocycles. The van der Waals surface area contributed by atoms with Crippen LogP contribution in [0.2, 0.25) is 0 Å². The third-order valence-electron chi connectivity index (χ3n) is 1.65. The van der Waals surface area contributed by atoms with E-state index in [9.17, 15) is 0 Å². The molecule has 0 aromatic rings. The number of nitrogens with two attached hydrogens (primary N) is 1. The first-order chi connectivity index (χ1) is 4.72. The Morgan fingerprint density at radius 1 is 1.80 bits per heavy atom. The first-order valence-electron chi connectivity index (χ1n) is 3.35. The smallest absolute Gasteiger partial charge is 0.166 e. The van der Waals surface area contributed by atoms with Crippen LogP contribution in [0.1, 0.15) is 6.92 Å². The minimum Gasteiger partial charge on any atom is -0.377 e. The van der Waals surface area contributed by atoms with Crippen LogP contribution in [0, 0.1) is 0 Å². The zero-order chi connectivity index (χ0) is 7.56. The maximum absolute atomic E-state index is 5.46. The molecule has 10 heavy (non-hydrogen) atoms. The van der Waals surface area contributed by atoms with Gasteiger partial charge in [0.1, 0.15) is 0 Å². The predicted molar refractivity (Wildman–Crippen MR) is 43.8 cm³/mol. The van der Waals surface area contributed by atoms with Gasteiger partial charge in [-0.15, -0.1) is 0 Å². The van der Waals surface area contributed by atoms with Gasteiger partial charge in [0.25, 0.3) is 0 Å². The van der Waals surface area contributed by atoms with Gasteiger partial charge < -0.3 is 15.4 Å². The van der Waals surface area contributed by atoms with Crippen molar-refractivity contribution in [3.63, 3.8) is 0 Å². The molecule has 0 spiro atoms. The highest BCUT2D eigenvalue weighted by Crippen LogP contribution is 2.04. The van der Waals surface area contributed by atoms with Crippen molar-refractivity contribution in [3.8, 4) is 0 Å². The van der Waals surface area contributed by atoms with E-state index in [1.165, 1.54) is 0 Å². The van der Waals surface area contributed by atoms with Gasteiger partial charge in [-0.05, 0) is 19.1 Å². The number of hydrogen-bond acceptors (Lipinski definition) is 2. The summed E-state index contributed by atoms with van der Waals surface area (Å²) >= 11 is 4.84. The summed E-state index contributed by atoms with van der Waals surface area (Å²) in [5.41, 5.74) is 5.46. The van der Waals surface area contributed by atoms with Crippen molar-refractivity contribution >= 4 is 17.3 Å². The second-order valence-corrected chi connectivity index (χ2v) is 2.87. The molecule has 4 heteroatoms. The molecule has 1 saturated heterocycles. The molecule has 1 aliphatic heterocycles. The maximum Gasteiger partial charge on any atom is 0.166 e. The Labute approximate surface area is 66.1 Å². The lowest BCUT2D eigenvalue weighted by Crippen LogP contribution is -2.49. The summed E-state index contributed by atoms with van der Waals surface area (Å²) in [5.74, 6) is 0. The van der Waals surface area contributed by atoms with Crippen molar-refractivity contribution in [1.29, 1.82) is 0 Å². The molecule has 0 amide bonds. The Kier molecular flexibility index (Phi) is 2.45. The summed E-state index contributed by atoms with van der Waals surface area (Å²) in [4.78, 5) is 1.98. The predicted octanol–water partition coefficient (Wildman–Crippen LogP) is -0.0493. The summed E-state index contributed by atoms with van der Waals surface area (Å²) in [6, 6.07) is 0.339. The molecular weight excluding hydrogens is 148 g/mol. The van der Waals surface area contributed by atoms with Crippen LogP contribution < -0.4 is 5.73 Å². The summed E-state index contributed by atoms with van der Waals surface area (Å²) in [5, 5.41) is 0.482. The van der Waals surface area contributed by atoms with Crippen molar-refractivity contribution < 1.29 is 4.74 Å². The third-order valence-corrected chi connectivity index (χ3v) is 1.89. The number of rotatable bonds is 0. The van der Waals surface area contributed by atoms with Crippen LogP contribution in [0.3, 0.4) is 0 Å². The normalized spacial score (nSPS) is 26.5. The Morgan fingerprint density at radius 3 is 2.90 bits per heavy atom. The molecule has 3 nitrogen and oxygen atoms in total. The molecule has 1 atom stereocenters. The molecule has 0 radical (unpaired) electrons. The highest BCUT2D eigenvalue weighted by atomic mass is 32.1. The van der Waals surface area contributed by atoms with Crippen molar-refractivity contribution in [1.82, 2.24) is 4.90 Å². The number of morpholine rings is 1. The molecule has 0 aromatic heterocycles. The van der Waals surface area contributed by atoms with E-state index in [1.807, 2.05) is 4.90 Å². The van der Waals surface area contributed by atoms with E-state index < -0.39 is 0 Å². The van der Waals surface area contributed by atoms with Crippen molar-refractivity contribution in [2.75, 3.05) is 19.8 Å². The largest absolute Gasteiger partial charge is 0.377 e. The highest BCUT2D eigenvalue weighted by Gasteiger charge is 2.18. The quantitative estimate of drug-likeness (QED) is 0.504. The second-order valence-electron chi connectivity index (χ2n) is 2.46. The van der Waals surface area contributed by atoms with Gasteiger partial charge in [0.05, 0.1) is 19.3 Å². The minimum atomic E-state index is 0.339. The van der Waals surface area contributed by atoms with Crippen LogP contribution in [0.15, 0.2) is 0 Å². The fourth-order valence-corrected chi connectivity index (χ4v) is 1.33. The molecule has 0 aliphatic carbocycles. The molecular formula is C6H12N2OS. The van der Waals surface area contributed by atoms with E-state index in [4.69, 9.17) is 22.7 Å². The molecule has 0 unspecified atom stereocenters. The first-order valence-corrected chi connectivity index (χ1v) is 3.76. The van der Waals surface area contributed by atoms with Gasteiger partial charge in [0, 0.05) is 6.54 Å². The summed E-state index contributed by atoms with van der Waals surface area (Å²) in [6.07, 6.45) is 0. The van der Waals surface area contributed by atoms with Crippen LogP contribution in [0.25, 0.3) is 0 Å². The topological polar surface area (TPSA) is 38.5 Å². The van der Waals surface area contributed by atoms with Crippen molar-refractivity contribution in [2.24, 2.45) is 5.73 Å². The van der Waals surface area contributed by atoms with E-state index in [-0.39, 0.29) is 0 Å². The van der Waals surface area contributed by atoms with Gasteiger partial charge in [-0.25, -0.2) is 0 Å². The molecule has 1 heterocycles. The van der Waals surface area contributed by atoms with Crippen LogP contribution >= 0.6 is 12.2 Å². The van der Waals surface area contributed by atoms with Crippen LogP contribution in [-0.2, 0) is 4.74 Å². The lowest BCUT2D eigenvalue weighted by molar-refractivity contribution is 0.0338. The Morgan fingerprint density at radius 2 is 2.50 bits per heavy atom. The molecule has 2 N–H and O–H groups in total. The number of ether oxygens (including phenoxy) is 1. The maximum atomic E-state index is 5.46. The van der Waals surface area contributed by atoms with Gasteiger partial charge >= 0.3 is 0 Å². The number of thiocarbonyl (C=S) groups is 1. The molecule has 1 rings (SSSR count). The lowest BCUT2D eigenvalue weighted by atomic mass is 10.3. The number of hydrogen-bond donors (Lipinski definition) is 1. The minimum absolute atomic E-state index is 0.339. The van der Waals surface area contributed by atoms with E-state index in [1.54, 1.807) is 0 Å². The Hall–Kier alpha value is -0.350. The van der Waals surface area contributed by atoms with E-state index in [2.05, 4.69) is 6.92 Å². The van der Waals surface area contributed by atoms with Gasteiger partial charge in [-0.2, -0.15) is 0 Å². The van der Waals surface area contributed by atoms with Gasteiger partial charge in [-0.3, -0.25) is 0 Å². The zero-order valence-corrected chi connectivity index (χ0v) is 6.86. The summed E-state index contributed by atoms with van der Waals surface area (Å²) in [7, 11) is 0. The van der Waals surface area contributed by atoms with Gasteiger partial charge in [0.2, 0.25) is 0 Å². The molecule has 1 fully saturated rings. The fraction of sp³-hybridized carbons (Fsp3) is 0.833. The highest BCUT2D eigenvalue weighted by molar-refractivity contribution is 7.80. The third kappa shape index (κ3) is 1.58. The Balaban J connectivity index is 2.47. The average molecular weight is 160 g/mol. The average Bonchev–Trinajstić information content (AvgIpc) is 1.88. The van der Waals surface area contributed by atoms with E-state index >= 15 is 0 Å². The molecule has 58 valence electrons. The fourth-order valence-electron chi connectivity index (χ4n) is 1.05. The first kappa shape index (κ1) is 7.75. The van der Waals surface area contributed by atoms with Crippen LogP contribution in [-0.4, -0.2) is 35.8 Å². The molecule has 0 aromatic carbocycles. The number of nitrogens with zero attached hydrogens (tertiary/aromatic N) is 1. The second kappa shape index (κ2) is 3.16. The van der Waals surface area contributed by atoms with E-state index in [0.717, 1.165) is 19.8 Å². The van der Waals surface area contributed by atoms with Crippen molar-refractivity contribution in [2.45, 2.75) is 13.0 Å². The van der Waals surface area contributed by atoms with Crippen LogP contribution in [0.5, 0.6) is 0 Å². The van der Waals surface area contributed by atoms with Crippen LogP contribution in [0.4, 0.5) is 0 Å². The summed E-state index contributed by atoms with van der Waals surface area (Å²) < 4.78 is 5.21. The molecule has 0 bridgehead atoms. The zero-order valence-electron chi connectivity index (χ0n) is 6.04. The van der Waals surface area contributed by atoms with Gasteiger partial charge in [0.15, 0.2) is 5.11 Å². The Bertz CT molecular complexity index is 140. The van der Waals surface area contributed by atoms with Gasteiger partial charge in [-0.1, -0.05) is 0 Å². The SMILES string of the molecule is C[C@H]1COCCN1C(N)=S.